The molecule has 5 heteroatoms. The zero-order chi connectivity index (χ0) is 15.5. The molecule has 0 spiro atoms. The molecule has 1 aromatic carbocycles. The van der Waals surface area contributed by atoms with Gasteiger partial charge in [-0.25, -0.2) is 0 Å². The fourth-order valence-electron chi connectivity index (χ4n) is 2.78. The molecule has 0 aliphatic heterocycles. The van der Waals surface area contributed by atoms with E-state index in [9.17, 15) is 4.79 Å². The maximum Gasteiger partial charge on any atom is 0.273 e. The normalized spacial score (nSPS) is 12.5. The van der Waals surface area contributed by atoms with Crippen molar-refractivity contribution >= 4 is 5.91 Å². The monoisotopic (exact) mass is 300 g/mol. The zero-order valence-corrected chi connectivity index (χ0v) is 12.9. The fourth-order valence-corrected chi connectivity index (χ4v) is 2.78. The van der Waals surface area contributed by atoms with Crippen molar-refractivity contribution in [2.75, 3.05) is 13.7 Å². The number of fused-ring (bicyclic) bond motifs is 3. The first kappa shape index (κ1) is 14.6. The number of benzene rings is 1. The second kappa shape index (κ2) is 6.22. The number of hydrogen-bond donors (Lipinski definition) is 1. The standard InChI is InChI=1S/C17H20N2O3/c1-3-4-9-18-17(20)15-14-7-5-11-10-12(21-2)6-8-13(11)16(14)22-19-15/h6,8,10H,3-5,7,9H2,1-2H3,(H,18,20). The molecule has 2 aromatic rings. The van der Waals surface area contributed by atoms with Crippen LogP contribution in [0.5, 0.6) is 5.75 Å². The molecule has 116 valence electrons. The van der Waals surface area contributed by atoms with Crippen molar-refractivity contribution in [1.29, 1.82) is 0 Å². The van der Waals surface area contributed by atoms with E-state index in [1.165, 1.54) is 5.56 Å². The molecule has 1 amide bonds. The van der Waals surface area contributed by atoms with E-state index in [0.29, 0.717) is 18.0 Å². The molecular weight excluding hydrogens is 280 g/mol. The van der Waals surface area contributed by atoms with E-state index in [1.54, 1.807) is 7.11 Å². The second-order valence-corrected chi connectivity index (χ2v) is 5.47. The van der Waals surface area contributed by atoms with Gasteiger partial charge in [-0.1, -0.05) is 18.5 Å². The predicted octanol–water partition coefficient (Wildman–Crippen LogP) is 2.98. The van der Waals surface area contributed by atoms with Gasteiger partial charge < -0.3 is 14.6 Å². The Morgan fingerprint density at radius 2 is 2.27 bits per heavy atom. The second-order valence-electron chi connectivity index (χ2n) is 5.47. The number of nitrogens with zero attached hydrogens (tertiary/aromatic N) is 1. The number of amides is 1. The van der Waals surface area contributed by atoms with Crippen molar-refractivity contribution in [2.24, 2.45) is 0 Å². The number of carbonyl (C=O) groups excluding carboxylic acids is 1. The molecule has 1 heterocycles. The SMILES string of the molecule is CCCCNC(=O)c1noc2c1CCc1cc(OC)ccc1-2. The van der Waals surface area contributed by atoms with E-state index >= 15 is 0 Å². The lowest BCUT2D eigenvalue weighted by molar-refractivity contribution is 0.0943. The molecule has 1 aliphatic carbocycles. The average Bonchev–Trinajstić information content (AvgIpc) is 2.98. The number of rotatable bonds is 5. The Morgan fingerprint density at radius 1 is 1.41 bits per heavy atom. The van der Waals surface area contributed by atoms with Gasteiger partial charge in [0, 0.05) is 17.7 Å². The van der Waals surface area contributed by atoms with Gasteiger partial charge in [0.2, 0.25) is 0 Å². The summed E-state index contributed by atoms with van der Waals surface area (Å²) >= 11 is 0. The van der Waals surface area contributed by atoms with Crippen LogP contribution in [-0.2, 0) is 12.8 Å². The highest BCUT2D eigenvalue weighted by atomic mass is 16.5. The van der Waals surface area contributed by atoms with Crippen LogP contribution in [0, 0.1) is 0 Å². The molecule has 1 aliphatic rings. The summed E-state index contributed by atoms with van der Waals surface area (Å²) in [4.78, 5) is 12.2. The molecule has 0 saturated heterocycles. The van der Waals surface area contributed by atoms with E-state index in [2.05, 4.69) is 17.4 Å². The number of aryl methyl sites for hydroxylation is 1. The highest BCUT2D eigenvalue weighted by Gasteiger charge is 2.27. The van der Waals surface area contributed by atoms with Crippen molar-refractivity contribution in [3.05, 3.63) is 35.0 Å². The van der Waals surface area contributed by atoms with Crippen molar-refractivity contribution in [3.8, 4) is 17.1 Å². The van der Waals surface area contributed by atoms with Crippen LogP contribution >= 0.6 is 0 Å². The molecule has 3 rings (SSSR count). The Morgan fingerprint density at radius 3 is 3.05 bits per heavy atom. The van der Waals surface area contributed by atoms with Gasteiger partial charge in [-0.05, 0) is 43.0 Å². The number of methoxy groups -OCH3 is 1. The largest absolute Gasteiger partial charge is 0.497 e. The average molecular weight is 300 g/mol. The van der Waals surface area contributed by atoms with Crippen LogP contribution < -0.4 is 10.1 Å². The number of carbonyl (C=O) groups is 1. The van der Waals surface area contributed by atoms with Crippen molar-refractivity contribution in [1.82, 2.24) is 10.5 Å². The summed E-state index contributed by atoms with van der Waals surface area (Å²) in [5, 5.41) is 6.90. The van der Waals surface area contributed by atoms with Gasteiger partial charge in [0.25, 0.3) is 5.91 Å². The maximum atomic E-state index is 12.2. The lowest BCUT2D eigenvalue weighted by atomic mass is 9.89. The minimum atomic E-state index is -0.143. The first-order chi connectivity index (χ1) is 10.7. The third-order valence-corrected chi connectivity index (χ3v) is 4.02. The van der Waals surface area contributed by atoms with E-state index in [0.717, 1.165) is 42.6 Å². The molecular formula is C17H20N2O3. The predicted molar refractivity (Wildman–Crippen MR) is 83.1 cm³/mol. The van der Waals surface area contributed by atoms with Crippen LogP contribution in [0.25, 0.3) is 11.3 Å². The fraction of sp³-hybridized carbons (Fsp3) is 0.412. The van der Waals surface area contributed by atoms with Crippen molar-refractivity contribution in [3.63, 3.8) is 0 Å². The molecule has 1 aromatic heterocycles. The first-order valence-electron chi connectivity index (χ1n) is 7.68. The molecule has 1 N–H and O–H groups in total. The molecule has 0 radical (unpaired) electrons. The van der Waals surface area contributed by atoms with Gasteiger partial charge >= 0.3 is 0 Å². The van der Waals surface area contributed by atoms with Gasteiger partial charge in [0.15, 0.2) is 11.5 Å². The third kappa shape index (κ3) is 2.58. The Balaban J connectivity index is 1.88. The molecule has 0 fully saturated rings. The van der Waals surface area contributed by atoms with Gasteiger partial charge in [-0.15, -0.1) is 0 Å². The quantitative estimate of drug-likeness (QED) is 0.862. The topological polar surface area (TPSA) is 64.4 Å². The van der Waals surface area contributed by atoms with E-state index in [1.807, 2.05) is 18.2 Å². The smallest absolute Gasteiger partial charge is 0.273 e. The Hall–Kier alpha value is -2.30. The van der Waals surface area contributed by atoms with Crippen LogP contribution in [-0.4, -0.2) is 24.7 Å². The van der Waals surface area contributed by atoms with Crippen LogP contribution in [0.15, 0.2) is 22.7 Å². The summed E-state index contributed by atoms with van der Waals surface area (Å²) < 4.78 is 10.7. The van der Waals surface area contributed by atoms with Crippen LogP contribution in [0.3, 0.4) is 0 Å². The maximum absolute atomic E-state index is 12.2. The third-order valence-electron chi connectivity index (χ3n) is 4.02. The van der Waals surface area contributed by atoms with Crippen molar-refractivity contribution < 1.29 is 14.1 Å². The summed E-state index contributed by atoms with van der Waals surface area (Å²) in [6.45, 7) is 2.76. The Kier molecular flexibility index (Phi) is 4.13. The van der Waals surface area contributed by atoms with E-state index in [-0.39, 0.29) is 5.91 Å². The lowest BCUT2D eigenvalue weighted by Crippen LogP contribution is -2.26. The summed E-state index contributed by atoms with van der Waals surface area (Å²) in [6, 6.07) is 5.88. The van der Waals surface area contributed by atoms with Gasteiger partial charge in [0.05, 0.1) is 7.11 Å². The highest BCUT2D eigenvalue weighted by Crippen LogP contribution is 2.36. The Labute approximate surface area is 129 Å². The minimum Gasteiger partial charge on any atom is -0.497 e. The van der Waals surface area contributed by atoms with Gasteiger partial charge in [-0.2, -0.15) is 0 Å². The number of unbranched alkanes of at least 4 members (excludes halogenated alkanes) is 1. The van der Waals surface area contributed by atoms with E-state index < -0.39 is 0 Å². The molecule has 0 saturated carbocycles. The van der Waals surface area contributed by atoms with Crippen LogP contribution in [0.1, 0.15) is 41.4 Å². The number of nitrogens with one attached hydrogen (secondary N) is 1. The zero-order valence-electron chi connectivity index (χ0n) is 12.9. The molecule has 0 unspecified atom stereocenters. The van der Waals surface area contributed by atoms with E-state index in [4.69, 9.17) is 9.26 Å². The summed E-state index contributed by atoms with van der Waals surface area (Å²) in [6.07, 6.45) is 3.63. The summed E-state index contributed by atoms with van der Waals surface area (Å²) in [7, 11) is 1.66. The molecule has 5 nitrogen and oxygen atoms in total. The molecule has 0 bridgehead atoms. The minimum absolute atomic E-state index is 0.143. The molecule has 0 atom stereocenters. The first-order valence-corrected chi connectivity index (χ1v) is 7.68. The summed E-state index contributed by atoms with van der Waals surface area (Å²) in [5.41, 5.74) is 3.50. The van der Waals surface area contributed by atoms with Gasteiger partial charge in [-0.3, -0.25) is 4.79 Å². The number of ether oxygens (including phenoxy) is 1. The van der Waals surface area contributed by atoms with Crippen LogP contribution in [0.4, 0.5) is 0 Å². The van der Waals surface area contributed by atoms with Gasteiger partial charge in [0.1, 0.15) is 5.75 Å². The number of aromatic nitrogens is 1. The Bertz CT molecular complexity index is 691. The van der Waals surface area contributed by atoms with Crippen molar-refractivity contribution in [2.45, 2.75) is 32.6 Å². The number of hydrogen-bond acceptors (Lipinski definition) is 4. The van der Waals surface area contributed by atoms with Crippen LogP contribution in [0.2, 0.25) is 0 Å². The summed E-state index contributed by atoms with van der Waals surface area (Å²) in [5.74, 6) is 1.40. The molecule has 22 heavy (non-hydrogen) atoms. The lowest BCUT2D eigenvalue weighted by Gasteiger charge is -2.15. The highest BCUT2D eigenvalue weighted by molar-refractivity contribution is 5.95.